The molecule has 1 heterocycles. The SMILES string of the molecule is NS(=O)(=O)c1cccc(C(=O)NCC(O)CN2CCc3ccccc3C2)c1. The highest BCUT2D eigenvalue weighted by Gasteiger charge is 2.19. The number of rotatable bonds is 6. The Morgan fingerprint density at radius 1 is 1.19 bits per heavy atom. The van der Waals surface area contributed by atoms with Gasteiger partial charge in [0.15, 0.2) is 0 Å². The third-order valence-electron chi connectivity index (χ3n) is 4.60. The third-order valence-corrected chi connectivity index (χ3v) is 5.51. The van der Waals surface area contributed by atoms with Gasteiger partial charge in [0.25, 0.3) is 5.91 Å². The normalized spacial score (nSPS) is 15.8. The number of hydrogen-bond acceptors (Lipinski definition) is 5. The number of β-amino-alcohol motifs (C(OH)–C–C–N with tert-alkyl or cyclic N) is 1. The number of nitrogens with two attached hydrogens (primary N) is 1. The van der Waals surface area contributed by atoms with Crippen molar-refractivity contribution in [1.82, 2.24) is 10.2 Å². The molecule has 1 atom stereocenters. The zero-order valence-corrected chi connectivity index (χ0v) is 15.7. The number of carbonyl (C=O) groups excluding carboxylic acids is 1. The van der Waals surface area contributed by atoms with Crippen molar-refractivity contribution in [3.05, 3.63) is 65.2 Å². The van der Waals surface area contributed by atoms with Gasteiger partial charge in [0, 0.05) is 31.7 Å². The summed E-state index contributed by atoms with van der Waals surface area (Å²) in [5.74, 6) is -0.455. The highest BCUT2D eigenvalue weighted by molar-refractivity contribution is 7.89. The Hall–Kier alpha value is -2.26. The molecule has 1 aliphatic heterocycles. The highest BCUT2D eigenvalue weighted by Crippen LogP contribution is 2.18. The van der Waals surface area contributed by atoms with Crippen LogP contribution in [0.15, 0.2) is 53.4 Å². The summed E-state index contributed by atoms with van der Waals surface area (Å²) >= 11 is 0. The van der Waals surface area contributed by atoms with E-state index < -0.39 is 22.0 Å². The second-order valence-corrected chi connectivity index (χ2v) is 8.25. The zero-order valence-electron chi connectivity index (χ0n) is 14.8. The fourth-order valence-corrected chi connectivity index (χ4v) is 3.76. The van der Waals surface area contributed by atoms with E-state index in [1.165, 1.54) is 35.4 Å². The lowest BCUT2D eigenvalue weighted by Gasteiger charge is -2.30. The largest absolute Gasteiger partial charge is 0.390 e. The van der Waals surface area contributed by atoms with Gasteiger partial charge in [-0.2, -0.15) is 0 Å². The van der Waals surface area contributed by atoms with Gasteiger partial charge < -0.3 is 10.4 Å². The zero-order chi connectivity index (χ0) is 19.4. The Morgan fingerprint density at radius 3 is 2.67 bits per heavy atom. The lowest BCUT2D eigenvalue weighted by Crippen LogP contribution is -2.42. The predicted octanol–water partition coefficient (Wildman–Crippen LogP) is 0.483. The van der Waals surface area contributed by atoms with Gasteiger partial charge in [0.05, 0.1) is 11.0 Å². The number of benzene rings is 2. The molecule has 0 fully saturated rings. The first kappa shape index (κ1) is 19.5. The maximum atomic E-state index is 12.2. The van der Waals surface area contributed by atoms with Gasteiger partial charge in [-0.15, -0.1) is 0 Å². The summed E-state index contributed by atoms with van der Waals surface area (Å²) in [6.45, 7) is 2.17. The van der Waals surface area contributed by atoms with Crippen LogP contribution >= 0.6 is 0 Å². The first-order chi connectivity index (χ1) is 12.8. The number of primary sulfonamides is 1. The molecule has 0 radical (unpaired) electrons. The molecule has 2 aromatic rings. The Balaban J connectivity index is 1.52. The molecule has 7 nitrogen and oxygen atoms in total. The van der Waals surface area contributed by atoms with E-state index in [9.17, 15) is 18.3 Å². The molecule has 1 unspecified atom stereocenters. The molecule has 27 heavy (non-hydrogen) atoms. The minimum absolute atomic E-state index is 0.0799. The monoisotopic (exact) mass is 389 g/mol. The standard InChI is InChI=1S/C19H23N3O4S/c20-27(25,26)18-7-3-6-15(10-18)19(24)21-11-17(23)13-22-9-8-14-4-1-2-5-16(14)12-22/h1-7,10,17,23H,8-9,11-13H2,(H,21,24)(H2,20,25,26). The second-order valence-electron chi connectivity index (χ2n) is 6.69. The van der Waals surface area contributed by atoms with Crippen molar-refractivity contribution in [2.45, 2.75) is 24.0 Å². The van der Waals surface area contributed by atoms with Crippen LogP contribution in [-0.2, 0) is 23.0 Å². The number of sulfonamides is 1. The quantitative estimate of drug-likeness (QED) is 0.665. The average molecular weight is 389 g/mol. The van der Waals surface area contributed by atoms with E-state index in [2.05, 4.69) is 22.3 Å². The van der Waals surface area contributed by atoms with Crippen LogP contribution in [0.4, 0.5) is 0 Å². The molecule has 4 N–H and O–H groups in total. The lowest BCUT2D eigenvalue weighted by atomic mass is 10.00. The van der Waals surface area contributed by atoms with E-state index >= 15 is 0 Å². The van der Waals surface area contributed by atoms with Crippen LogP contribution < -0.4 is 10.5 Å². The van der Waals surface area contributed by atoms with E-state index in [0.29, 0.717) is 6.54 Å². The number of hydrogen-bond donors (Lipinski definition) is 3. The third kappa shape index (κ3) is 5.14. The summed E-state index contributed by atoms with van der Waals surface area (Å²) in [5.41, 5.74) is 2.78. The fourth-order valence-electron chi connectivity index (χ4n) is 3.20. The van der Waals surface area contributed by atoms with Crippen molar-refractivity contribution >= 4 is 15.9 Å². The molecule has 2 aromatic carbocycles. The number of carbonyl (C=O) groups is 1. The van der Waals surface area contributed by atoms with E-state index in [4.69, 9.17) is 5.14 Å². The van der Waals surface area contributed by atoms with Crippen LogP contribution in [0.2, 0.25) is 0 Å². The molecule has 8 heteroatoms. The topological polar surface area (TPSA) is 113 Å². The lowest BCUT2D eigenvalue weighted by molar-refractivity contribution is 0.0841. The molecular formula is C19H23N3O4S. The molecule has 0 aromatic heterocycles. The van der Waals surface area contributed by atoms with Crippen LogP contribution in [0.25, 0.3) is 0 Å². The summed E-state index contributed by atoms with van der Waals surface area (Å²) in [7, 11) is -3.87. The molecular weight excluding hydrogens is 366 g/mol. The first-order valence-corrected chi connectivity index (χ1v) is 10.3. The number of aliphatic hydroxyl groups is 1. The van der Waals surface area contributed by atoms with Gasteiger partial charge in [-0.1, -0.05) is 30.3 Å². The molecule has 0 aliphatic carbocycles. The fraction of sp³-hybridized carbons (Fsp3) is 0.316. The van der Waals surface area contributed by atoms with Gasteiger partial charge in [0.2, 0.25) is 10.0 Å². The van der Waals surface area contributed by atoms with E-state index in [-0.39, 0.29) is 17.0 Å². The minimum atomic E-state index is -3.87. The summed E-state index contributed by atoms with van der Waals surface area (Å²) in [4.78, 5) is 14.2. The molecule has 0 saturated heterocycles. The number of fused-ring (bicyclic) bond motifs is 1. The molecule has 144 valence electrons. The van der Waals surface area contributed by atoms with Crippen molar-refractivity contribution in [3.63, 3.8) is 0 Å². The van der Waals surface area contributed by atoms with Gasteiger partial charge in [-0.3, -0.25) is 9.69 Å². The average Bonchev–Trinajstić information content (AvgIpc) is 2.65. The Kier molecular flexibility index (Phi) is 5.91. The van der Waals surface area contributed by atoms with Crippen LogP contribution in [0.3, 0.4) is 0 Å². The van der Waals surface area contributed by atoms with Crippen molar-refractivity contribution in [3.8, 4) is 0 Å². The van der Waals surface area contributed by atoms with Crippen molar-refractivity contribution < 1.29 is 18.3 Å². The van der Waals surface area contributed by atoms with Crippen LogP contribution in [-0.4, -0.2) is 50.1 Å². The first-order valence-electron chi connectivity index (χ1n) is 8.71. The van der Waals surface area contributed by atoms with Crippen LogP contribution in [0.5, 0.6) is 0 Å². The summed E-state index contributed by atoms with van der Waals surface area (Å²) < 4.78 is 22.8. The smallest absolute Gasteiger partial charge is 0.251 e. The van der Waals surface area contributed by atoms with Gasteiger partial charge in [0.1, 0.15) is 0 Å². The number of nitrogens with zero attached hydrogens (tertiary/aromatic N) is 1. The Morgan fingerprint density at radius 2 is 1.93 bits per heavy atom. The molecule has 0 bridgehead atoms. The van der Waals surface area contributed by atoms with Crippen LogP contribution in [0.1, 0.15) is 21.5 Å². The van der Waals surface area contributed by atoms with Crippen molar-refractivity contribution in [2.75, 3.05) is 19.6 Å². The summed E-state index contributed by atoms with van der Waals surface area (Å²) in [6.07, 6.45) is 0.218. The van der Waals surface area contributed by atoms with Crippen LogP contribution in [0, 0.1) is 0 Å². The number of aliphatic hydroxyl groups excluding tert-OH is 1. The molecule has 3 rings (SSSR count). The van der Waals surface area contributed by atoms with Crippen molar-refractivity contribution in [2.24, 2.45) is 5.14 Å². The summed E-state index contributed by atoms with van der Waals surface area (Å²) in [5, 5.41) is 18.0. The number of nitrogens with one attached hydrogen (secondary N) is 1. The maximum Gasteiger partial charge on any atom is 0.251 e. The van der Waals surface area contributed by atoms with Gasteiger partial charge in [-0.25, -0.2) is 13.6 Å². The van der Waals surface area contributed by atoms with Gasteiger partial charge in [-0.05, 0) is 35.7 Å². The predicted molar refractivity (Wildman–Crippen MR) is 102 cm³/mol. The number of amides is 1. The second kappa shape index (κ2) is 8.18. The van der Waals surface area contributed by atoms with Gasteiger partial charge >= 0.3 is 0 Å². The minimum Gasteiger partial charge on any atom is -0.390 e. The highest BCUT2D eigenvalue weighted by atomic mass is 32.2. The molecule has 0 saturated carbocycles. The van der Waals surface area contributed by atoms with E-state index in [1.807, 2.05) is 12.1 Å². The van der Waals surface area contributed by atoms with E-state index in [0.717, 1.165) is 19.5 Å². The molecule has 1 amide bonds. The van der Waals surface area contributed by atoms with E-state index in [1.54, 1.807) is 0 Å². The Labute approximate surface area is 158 Å². The summed E-state index contributed by atoms with van der Waals surface area (Å²) in [6, 6.07) is 13.8. The van der Waals surface area contributed by atoms with Crippen molar-refractivity contribution in [1.29, 1.82) is 0 Å². The molecule has 0 spiro atoms. The maximum absolute atomic E-state index is 12.2. The Bertz CT molecular complexity index is 930. The molecule has 1 aliphatic rings.